The predicted octanol–water partition coefficient (Wildman–Crippen LogP) is 2.41. The van der Waals surface area contributed by atoms with Crippen LogP contribution in [0.3, 0.4) is 0 Å². The van der Waals surface area contributed by atoms with E-state index in [0.29, 0.717) is 0 Å². The average molecular weight is 224 g/mol. The standard InChI is InChI=1S/C12H16O2S/c1-9-12(13,7-8-15-9)10-5-3-4-6-11(10)14-2/h3-6,9,13H,7-8H2,1-2H3. The van der Waals surface area contributed by atoms with E-state index in [1.54, 1.807) is 7.11 Å². The lowest BCUT2D eigenvalue weighted by Crippen LogP contribution is -2.31. The molecule has 0 spiro atoms. The van der Waals surface area contributed by atoms with Gasteiger partial charge in [0.2, 0.25) is 0 Å². The molecule has 1 fully saturated rings. The van der Waals surface area contributed by atoms with E-state index in [1.807, 2.05) is 36.0 Å². The van der Waals surface area contributed by atoms with Gasteiger partial charge in [-0.3, -0.25) is 0 Å². The highest BCUT2D eigenvalue weighted by Crippen LogP contribution is 2.45. The Morgan fingerprint density at radius 1 is 1.47 bits per heavy atom. The minimum Gasteiger partial charge on any atom is -0.496 e. The van der Waals surface area contributed by atoms with Gasteiger partial charge >= 0.3 is 0 Å². The Bertz CT molecular complexity index is 353. The molecule has 1 aromatic rings. The van der Waals surface area contributed by atoms with Gasteiger partial charge in [-0.2, -0.15) is 11.8 Å². The summed E-state index contributed by atoms with van der Waals surface area (Å²) in [5, 5.41) is 10.9. The third kappa shape index (κ3) is 1.74. The summed E-state index contributed by atoms with van der Waals surface area (Å²) in [6, 6.07) is 7.74. The van der Waals surface area contributed by atoms with Gasteiger partial charge in [-0.25, -0.2) is 0 Å². The number of aliphatic hydroxyl groups is 1. The molecule has 0 radical (unpaired) electrons. The molecule has 0 saturated carbocycles. The quantitative estimate of drug-likeness (QED) is 0.836. The zero-order valence-corrected chi connectivity index (χ0v) is 9.88. The summed E-state index contributed by atoms with van der Waals surface area (Å²) >= 11 is 1.81. The molecule has 2 nitrogen and oxygen atoms in total. The zero-order valence-electron chi connectivity index (χ0n) is 9.06. The van der Waals surface area contributed by atoms with Crippen LogP contribution < -0.4 is 4.74 Å². The number of rotatable bonds is 2. The SMILES string of the molecule is COc1ccccc1C1(O)CCSC1C. The third-order valence-corrected chi connectivity index (χ3v) is 4.43. The summed E-state index contributed by atoms with van der Waals surface area (Å²) in [4.78, 5) is 0. The second kappa shape index (κ2) is 4.06. The number of ether oxygens (including phenoxy) is 1. The van der Waals surface area contributed by atoms with Gasteiger partial charge in [-0.15, -0.1) is 0 Å². The van der Waals surface area contributed by atoms with Gasteiger partial charge in [0, 0.05) is 10.8 Å². The Kier molecular flexibility index (Phi) is 2.94. The van der Waals surface area contributed by atoms with E-state index in [4.69, 9.17) is 4.74 Å². The first-order valence-electron chi connectivity index (χ1n) is 5.16. The maximum Gasteiger partial charge on any atom is 0.124 e. The smallest absolute Gasteiger partial charge is 0.124 e. The lowest BCUT2D eigenvalue weighted by atomic mass is 9.88. The van der Waals surface area contributed by atoms with Gasteiger partial charge in [-0.05, 0) is 18.2 Å². The Labute approximate surface area is 94.6 Å². The molecule has 1 aliphatic rings. The largest absolute Gasteiger partial charge is 0.496 e. The maximum atomic E-state index is 10.6. The van der Waals surface area contributed by atoms with Crippen molar-refractivity contribution in [1.29, 1.82) is 0 Å². The Hall–Kier alpha value is -0.670. The molecular formula is C12H16O2S. The molecule has 3 heteroatoms. The molecule has 1 saturated heterocycles. The fourth-order valence-electron chi connectivity index (χ4n) is 2.09. The molecular weight excluding hydrogens is 208 g/mol. The first-order chi connectivity index (χ1) is 7.18. The number of hydrogen-bond acceptors (Lipinski definition) is 3. The van der Waals surface area contributed by atoms with Crippen LogP contribution in [0.25, 0.3) is 0 Å². The molecule has 1 N–H and O–H groups in total. The van der Waals surface area contributed by atoms with Crippen molar-refractivity contribution in [2.75, 3.05) is 12.9 Å². The molecule has 2 atom stereocenters. The van der Waals surface area contributed by atoms with Crippen LogP contribution in [0.15, 0.2) is 24.3 Å². The fourth-order valence-corrected chi connectivity index (χ4v) is 3.39. The van der Waals surface area contributed by atoms with Gasteiger partial charge in [0.1, 0.15) is 11.4 Å². The van der Waals surface area contributed by atoms with Crippen molar-refractivity contribution in [3.63, 3.8) is 0 Å². The molecule has 0 amide bonds. The summed E-state index contributed by atoms with van der Waals surface area (Å²) in [6.45, 7) is 2.07. The minimum atomic E-state index is -0.725. The summed E-state index contributed by atoms with van der Waals surface area (Å²) in [5.74, 6) is 1.80. The van der Waals surface area contributed by atoms with Crippen LogP contribution in [0.5, 0.6) is 5.75 Å². The molecule has 1 aromatic carbocycles. The fraction of sp³-hybridized carbons (Fsp3) is 0.500. The molecule has 2 unspecified atom stereocenters. The molecule has 1 aliphatic heterocycles. The Morgan fingerprint density at radius 2 is 2.20 bits per heavy atom. The van der Waals surface area contributed by atoms with Crippen LogP contribution in [0.1, 0.15) is 18.9 Å². The van der Waals surface area contributed by atoms with Crippen molar-refractivity contribution in [3.8, 4) is 5.75 Å². The maximum absolute atomic E-state index is 10.6. The average Bonchev–Trinajstić information content (AvgIpc) is 2.60. The topological polar surface area (TPSA) is 29.5 Å². The van der Waals surface area contributed by atoms with E-state index >= 15 is 0 Å². The molecule has 0 aromatic heterocycles. The van der Waals surface area contributed by atoms with Crippen LogP contribution in [0.4, 0.5) is 0 Å². The van der Waals surface area contributed by atoms with E-state index in [1.165, 1.54) is 0 Å². The molecule has 0 bridgehead atoms. The zero-order chi connectivity index (χ0) is 10.9. The Morgan fingerprint density at radius 3 is 2.80 bits per heavy atom. The highest BCUT2D eigenvalue weighted by atomic mass is 32.2. The van der Waals surface area contributed by atoms with Crippen LogP contribution in [0.2, 0.25) is 0 Å². The Balaban J connectivity index is 2.43. The second-order valence-electron chi connectivity index (χ2n) is 3.89. The van der Waals surface area contributed by atoms with Gasteiger partial charge in [0.15, 0.2) is 0 Å². The van der Waals surface area contributed by atoms with E-state index < -0.39 is 5.60 Å². The van der Waals surface area contributed by atoms with Gasteiger partial charge in [-0.1, -0.05) is 25.1 Å². The first kappa shape index (κ1) is 10.8. The highest BCUT2D eigenvalue weighted by molar-refractivity contribution is 8.00. The second-order valence-corrected chi connectivity index (χ2v) is 5.34. The lowest BCUT2D eigenvalue weighted by molar-refractivity contribution is 0.0402. The molecule has 15 heavy (non-hydrogen) atoms. The van der Waals surface area contributed by atoms with E-state index in [9.17, 15) is 5.11 Å². The molecule has 0 aliphatic carbocycles. The van der Waals surface area contributed by atoms with Crippen LogP contribution >= 0.6 is 11.8 Å². The van der Waals surface area contributed by atoms with Crippen LogP contribution in [-0.4, -0.2) is 23.2 Å². The first-order valence-corrected chi connectivity index (χ1v) is 6.21. The summed E-state index contributed by atoms with van der Waals surface area (Å²) in [5.41, 5.74) is 0.196. The lowest BCUT2D eigenvalue weighted by Gasteiger charge is -2.28. The van der Waals surface area contributed by atoms with Gasteiger partial charge < -0.3 is 9.84 Å². The van der Waals surface area contributed by atoms with Crippen molar-refractivity contribution >= 4 is 11.8 Å². The van der Waals surface area contributed by atoms with Crippen molar-refractivity contribution in [2.45, 2.75) is 24.2 Å². The molecule has 1 heterocycles. The van der Waals surface area contributed by atoms with Crippen molar-refractivity contribution in [3.05, 3.63) is 29.8 Å². The highest BCUT2D eigenvalue weighted by Gasteiger charge is 2.42. The van der Waals surface area contributed by atoms with E-state index in [0.717, 1.165) is 23.5 Å². The third-order valence-electron chi connectivity index (χ3n) is 3.10. The normalized spacial score (nSPS) is 30.5. The number of thioether (sulfide) groups is 1. The monoisotopic (exact) mass is 224 g/mol. The minimum absolute atomic E-state index is 0.230. The summed E-state index contributed by atoms with van der Waals surface area (Å²) < 4.78 is 5.30. The number of hydrogen-bond donors (Lipinski definition) is 1. The number of benzene rings is 1. The van der Waals surface area contributed by atoms with Gasteiger partial charge in [0.05, 0.1) is 7.11 Å². The van der Waals surface area contributed by atoms with Crippen LogP contribution in [0, 0.1) is 0 Å². The van der Waals surface area contributed by atoms with Gasteiger partial charge in [0.25, 0.3) is 0 Å². The molecule has 2 rings (SSSR count). The number of methoxy groups -OCH3 is 1. The van der Waals surface area contributed by atoms with Crippen molar-refractivity contribution in [2.24, 2.45) is 0 Å². The predicted molar refractivity (Wildman–Crippen MR) is 63.4 cm³/mol. The van der Waals surface area contributed by atoms with E-state index in [-0.39, 0.29) is 5.25 Å². The number of para-hydroxylation sites is 1. The van der Waals surface area contributed by atoms with E-state index in [2.05, 4.69) is 6.92 Å². The van der Waals surface area contributed by atoms with Crippen LogP contribution in [-0.2, 0) is 5.60 Å². The summed E-state index contributed by atoms with van der Waals surface area (Å²) in [6.07, 6.45) is 0.805. The van der Waals surface area contributed by atoms with Crippen molar-refractivity contribution < 1.29 is 9.84 Å². The summed E-state index contributed by atoms with van der Waals surface area (Å²) in [7, 11) is 1.65. The van der Waals surface area contributed by atoms with Crippen molar-refractivity contribution in [1.82, 2.24) is 0 Å². The molecule has 82 valence electrons.